The van der Waals surface area contributed by atoms with Gasteiger partial charge in [0, 0.05) is 12.5 Å². The molecule has 34 heavy (non-hydrogen) atoms. The van der Waals surface area contributed by atoms with Crippen LogP contribution in [0.5, 0.6) is 0 Å². The van der Waals surface area contributed by atoms with E-state index in [1.54, 1.807) is 0 Å². The lowest BCUT2D eigenvalue weighted by Crippen LogP contribution is -2.55. The van der Waals surface area contributed by atoms with Gasteiger partial charge in [-0.1, -0.05) is 13.8 Å². The maximum atomic E-state index is 13.5. The third kappa shape index (κ3) is 3.82. The Labute approximate surface area is 203 Å². The average molecular weight is 471 g/mol. The maximum absolute atomic E-state index is 13.5. The molecule has 4 aliphatic carbocycles. The molecule has 0 spiro atoms. The van der Waals surface area contributed by atoms with E-state index in [0.29, 0.717) is 29.7 Å². The standard InChI is InChI=1S/C27H42N4O3/c1-5-28-24(33)22-15-29-31(30-22)16-23(32)21-9-8-19-18-7-6-17-14-25(2,34)12-13-26(17,3)20(18)10-11-27(19,21)4/h15,17-21,34H,5-14,16H2,1-4H3,(H,28,33)/t17-,18+,19+,20+,21-,25-,26+,27+/m1/s1. The lowest BCUT2D eigenvalue weighted by molar-refractivity contribution is -0.151. The van der Waals surface area contributed by atoms with Crippen LogP contribution >= 0.6 is 0 Å². The van der Waals surface area contributed by atoms with Crippen LogP contribution in [0.3, 0.4) is 0 Å². The molecule has 0 radical (unpaired) electrons. The molecule has 5 rings (SSSR count). The molecule has 0 saturated heterocycles. The van der Waals surface area contributed by atoms with Crippen molar-refractivity contribution in [1.82, 2.24) is 20.3 Å². The smallest absolute Gasteiger partial charge is 0.273 e. The van der Waals surface area contributed by atoms with Gasteiger partial charge in [0.05, 0.1) is 11.8 Å². The van der Waals surface area contributed by atoms with Crippen LogP contribution in [0.15, 0.2) is 6.20 Å². The number of hydrogen-bond acceptors (Lipinski definition) is 5. The Morgan fingerprint density at radius 2 is 1.82 bits per heavy atom. The van der Waals surface area contributed by atoms with Crippen molar-refractivity contribution >= 4 is 11.7 Å². The number of aliphatic hydroxyl groups is 1. The van der Waals surface area contributed by atoms with E-state index in [-0.39, 0.29) is 35.3 Å². The van der Waals surface area contributed by atoms with Gasteiger partial charge in [-0.05, 0) is 106 Å². The number of carbonyl (C=O) groups excluding carboxylic acids is 2. The van der Waals surface area contributed by atoms with E-state index in [4.69, 9.17) is 0 Å². The molecule has 188 valence electrons. The summed E-state index contributed by atoms with van der Waals surface area (Å²) in [6.45, 7) is 9.46. The molecule has 8 atom stereocenters. The molecule has 1 amide bonds. The summed E-state index contributed by atoms with van der Waals surface area (Å²) in [6, 6.07) is 0. The first-order chi connectivity index (χ1) is 16.1. The molecule has 0 aromatic carbocycles. The van der Waals surface area contributed by atoms with Crippen molar-refractivity contribution in [1.29, 1.82) is 0 Å². The average Bonchev–Trinajstić information content (AvgIpc) is 3.38. The van der Waals surface area contributed by atoms with Crippen LogP contribution in [0.2, 0.25) is 0 Å². The third-order valence-electron chi connectivity index (χ3n) is 10.7. The Kier molecular flexibility index (Phi) is 5.93. The summed E-state index contributed by atoms with van der Waals surface area (Å²) in [4.78, 5) is 26.9. The van der Waals surface area contributed by atoms with Gasteiger partial charge >= 0.3 is 0 Å². The van der Waals surface area contributed by atoms with Crippen LogP contribution < -0.4 is 5.32 Å². The van der Waals surface area contributed by atoms with E-state index in [1.807, 2.05) is 13.8 Å². The fraction of sp³-hybridized carbons (Fsp3) is 0.852. The van der Waals surface area contributed by atoms with Gasteiger partial charge in [-0.3, -0.25) is 9.59 Å². The van der Waals surface area contributed by atoms with Gasteiger partial charge in [-0.25, -0.2) is 0 Å². The first kappa shape index (κ1) is 24.0. The Hall–Kier alpha value is -1.76. The molecule has 1 aromatic rings. The summed E-state index contributed by atoms with van der Waals surface area (Å²) in [6.07, 6.45) is 11.3. The highest BCUT2D eigenvalue weighted by Gasteiger charge is 2.61. The molecule has 4 fully saturated rings. The van der Waals surface area contributed by atoms with E-state index in [0.717, 1.165) is 44.4 Å². The van der Waals surface area contributed by atoms with Gasteiger partial charge in [-0.15, -0.1) is 5.10 Å². The Bertz CT molecular complexity index is 957. The monoisotopic (exact) mass is 470 g/mol. The first-order valence-electron chi connectivity index (χ1n) is 13.5. The summed E-state index contributed by atoms with van der Waals surface area (Å²) in [5.41, 5.74) is 0.158. The van der Waals surface area contributed by atoms with Crippen LogP contribution in [-0.2, 0) is 11.3 Å². The zero-order valence-electron chi connectivity index (χ0n) is 21.3. The predicted octanol–water partition coefficient (Wildman–Crippen LogP) is 4.01. The van der Waals surface area contributed by atoms with Gasteiger partial charge in [-0.2, -0.15) is 9.90 Å². The number of ketones is 1. The van der Waals surface area contributed by atoms with Crippen LogP contribution in [0.25, 0.3) is 0 Å². The van der Waals surface area contributed by atoms with Crippen molar-refractivity contribution in [2.45, 2.75) is 97.6 Å². The number of hydrogen-bond donors (Lipinski definition) is 2. The minimum absolute atomic E-state index is 0.0509. The molecule has 0 aliphatic heterocycles. The van der Waals surface area contributed by atoms with E-state index in [2.05, 4.69) is 29.4 Å². The molecule has 4 saturated carbocycles. The highest BCUT2D eigenvalue weighted by atomic mass is 16.3. The molecule has 1 heterocycles. The van der Waals surface area contributed by atoms with Crippen molar-refractivity contribution in [2.24, 2.45) is 40.4 Å². The second-order valence-electron chi connectivity index (χ2n) is 12.6. The second kappa shape index (κ2) is 8.42. The van der Waals surface area contributed by atoms with Gasteiger partial charge in [0.2, 0.25) is 0 Å². The molecule has 0 bridgehead atoms. The number of carbonyl (C=O) groups is 2. The lowest BCUT2D eigenvalue weighted by Gasteiger charge is -2.61. The van der Waals surface area contributed by atoms with Crippen molar-refractivity contribution in [2.75, 3.05) is 6.54 Å². The number of amides is 1. The molecule has 1 aromatic heterocycles. The topological polar surface area (TPSA) is 97.1 Å². The molecule has 4 aliphatic rings. The second-order valence-corrected chi connectivity index (χ2v) is 12.6. The summed E-state index contributed by atoms with van der Waals surface area (Å²) in [7, 11) is 0. The minimum Gasteiger partial charge on any atom is -0.390 e. The predicted molar refractivity (Wildman–Crippen MR) is 129 cm³/mol. The molecular weight excluding hydrogens is 428 g/mol. The highest BCUT2D eigenvalue weighted by molar-refractivity contribution is 5.91. The van der Waals surface area contributed by atoms with E-state index < -0.39 is 5.60 Å². The number of aromatic nitrogens is 3. The molecule has 2 N–H and O–H groups in total. The highest BCUT2D eigenvalue weighted by Crippen LogP contribution is 2.68. The van der Waals surface area contributed by atoms with E-state index >= 15 is 0 Å². The normalized spacial score (nSPS) is 43.5. The zero-order chi connectivity index (χ0) is 24.3. The zero-order valence-corrected chi connectivity index (χ0v) is 21.3. The number of nitrogens with one attached hydrogen (secondary N) is 1. The quantitative estimate of drug-likeness (QED) is 0.678. The number of nitrogens with zero attached hydrogens (tertiary/aromatic N) is 3. The Balaban J connectivity index is 1.29. The Morgan fingerprint density at radius 3 is 2.59 bits per heavy atom. The Morgan fingerprint density at radius 1 is 1.06 bits per heavy atom. The fourth-order valence-electron chi connectivity index (χ4n) is 8.94. The van der Waals surface area contributed by atoms with E-state index in [9.17, 15) is 14.7 Å². The summed E-state index contributed by atoms with van der Waals surface area (Å²) >= 11 is 0. The fourth-order valence-corrected chi connectivity index (χ4v) is 8.94. The molecule has 7 heteroatoms. The van der Waals surface area contributed by atoms with Crippen molar-refractivity contribution in [3.63, 3.8) is 0 Å². The summed E-state index contributed by atoms with van der Waals surface area (Å²) < 4.78 is 0. The number of fused-ring (bicyclic) bond motifs is 5. The lowest BCUT2D eigenvalue weighted by atomic mass is 9.44. The van der Waals surface area contributed by atoms with Gasteiger partial charge in [0.15, 0.2) is 11.5 Å². The summed E-state index contributed by atoms with van der Waals surface area (Å²) in [5, 5.41) is 21.9. The number of rotatable bonds is 5. The van der Waals surface area contributed by atoms with Gasteiger partial charge in [0.1, 0.15) is 6.54 Å². The van der Waals surface area contributed by atoms with Crippen molar-refractivity contribution < 1.29 is 14.7 Å². The summed E-state index contributed by atoms with van der Waals surface area (Å²) in [5.74, 6) is 2.68. The van der Waals surface area contributed by atoms with Crippen molar-refractivity contribution in [3.05, 3.63) is 11.9 Å². The van der Waals surface area contributed by atoms with Crippen LogP contribution in [0.4, 0.5) is 0 Å². The third-order valence-corrected chi connectivity index (χ3v) is 10.7. The minimum atomic E-state index is -0.497. The van der Waals surface area contributed by atoms with Gasteiger partial charge in [0.25, 0.3) is 5.91 Å². The van der Waals surface area contributed by atoms with Crippen LogP contribution in [0, 0.1) is 40.4 Å². The molecule has 0 unspecified atom stereocenters. The SMILES string of the molecule is CCNC(=O)c1cnn(CC(=O)[C@H]2CC[C@H]3[C@@H]4CC[C@@H]5C[C@](C)(O)CC[C@]5(C)[C@H]4CC[C@]23C)n1. The first-order valence-corrected chi connectivity index (χ1v) is 13.5. The molecular formula is C27H42N4O3. The van der Waals surface area contributed by atoms with Crippen molar-refractivity contribution in [3.8, 4) is 0 Å². The largest absolute Gasteiger partial charge is 0.390 e. The number of Topliss-reactive ketones (excluding diaryl/α,β-unsaturated/α-hetero) is 1. The van der Waals surface area contributed by atoms with Gasteiger partial charge < -0.3 is 10.4 Å². The van der Waals surface area contributed by atoms with Crippen LogP contribution in [-0.4, -0.2) is 43.9 Å². The van der Waals surface area contributed by atoms with Crippen LogP contribution in [0.1, 0.15) is 96.0 Å². The maximum Gasteiger partial charge on any atom is 0.273 e. The van der Waals surface area contributed by atoms with E-state index in [1.165, 1.54) is 30.3 Å². The molecule has 7 nitrogen and oxygen atoms in total.